The average molecular weight is 190 g/mol. The lowest BCUT2D eigenvalue weighted by atomic mass is 9.98. The van der Waals surface area contributed by atoms with Gasteiger partial charge in [0.2, 0.25) is 0 Å². The molecule has 0 bridgehead atoms. The Morgan fingerprint density at radius 3 is 2.79 bits per heavy atom. The van der Waals surface area contributed by atoms with Gasteiger partial charge in [-0.25, -0.2) is 0 Å². The Morgan fingerprint density at radius 1 is 1.43 bits per heavy atom. The van der Waals surface area contributed by atoms with Crippen LogP contribution in [0, 0.1) is 0 Å². The summed E-state index contributed by atoms with van der Waals surface area (Å²) in [6.07, 6.45) is 0. The van der Waals surface area contributed by atoms with Crippen molar-refractivity contribution in [2.75, 3.05) is 18.5 Å². The third-order valence-electron chi connectivity index (χ3n) is 3.00. The summed E-state index contributed by atoms with van der Waals surface area (Å²) in [5.74, 6) is 0.582. The number of benzene rings is 1. The molecule has 0 aromatic heterocycles. The van der Waals surface area contributed by atoms with Gasteiger partial charge in [-0.15, -0.1) is 0 Å². The molecule has 0 amide bonds. The SMILES string of the molecule is CC(C)c1ccc2c(c1)C(N)CN2C. The van der Waals surface area contributed by atoms with Crippen molar-refractivity contribution in [2.24, 2.45) is 5.73 Å². The van der Waals surface area contributed by atoms with Crippen molar-refractivity contribution < 1.29 is 0 Å². The first-order chi connectivity index (χ1) is 6.59. The standard InChI is InChI=1S/C12H18N2/c1-8(2)9-4-5-12-10(6-9)11(13)7-14(12)3/h4-6,8,11H,7,13H2,1-3H3. The quantitative estimate of drug-likeness (QED) is 0.736. The zero-order chi connectivity index (χ0) is 10.3. The van der Waals surface area contributed by atoms with Crippen molar-refractivity contribution in [1.29, 1.82) is 0 Å². The molecule has 2 heteroatoms. The van der Waals surface area contributed by atoms with E-state index >= 15 is 0 Å². The van der Waals surface area contributed by atoms with Gasteiger partial charge in [-0.05, 0) is 23.1 Å². The van der Waals surface area contributed by atoms with Crippen LogP contribution in [0.15, 0.2) is 18.2 Å². The summed E-state index contributed by atoms with van der Waals surface area (Å²) in [4.78, 5) is 2.23. The van der Waals surface area contributed by atoms with Crippen LogP contribution >= 0.6 is 0 Å². The highest BCUT2D eigenvalue weighted by Crippen LogP contribution is 2.34. The van der Waals surface area contributed by atoms with Gasteiger partial charge in [-0.2, -0.15) is 0 Å². The Labute approximate surface area is 85.7 Å². The van der Waals surface area contributed by atoms with E-state index in [9.17, 15) is 0 Å². The fraction of sp³-hybridized carbons (Fsp3) is 0.500. The Hall–Kier alpha value is -1.02. The average Bonchev–Trinajstić information content (AvgIpc) is 2.42. The minimum atomic E-state index is 0.189. The summed E-state index contributed by atoms with van der Waals surface area (Å²) in [5, 5.41) is 0. The minimum Gasteiger partial charge on any atom is -0.372 e. The molecule has 1 aromatic rings. The van der Waals surface area contributed by atoms with Crippen molar-refractivity contribution in [3.05, 3.63) is 29.3 Å². The zero-order valence-electron chi connectivity index (χ0n) is 9.12. The number of hydrogen-bond acceptors (Lipinski definition) is 2. The lowest BCUT2D eigenvalue weighted by Crippen LogP contribution is -2.19. The molecule has 2 nitrogen and oxygen atoms in total. The molecule has 0 saturated heterocycles. The second kappa shape index (κ2) is 3.28. The summed E-state index contributed by atoms with van der Waals surface area (Å²) in [6, 6.07) is 6.85. The molecular formula is C12H18N2. The van der Waals surface area contributed by atoms with Crippen LogP contribution in [0.5, 0.6) is 0 Å². The molecule has 2 rings (SSSR count). The monoisotopic (exact) mass is 190 g/mol. The Kier molecular flexibility index (Phi) is 2.23. The first-order valence-corrected chi connectivity index (χ1v) is 5.20. The van der Waals surface area contributed by atoms with Crippen molar-refractivity contribution >= 4 is 5.69 Å². The Bertz CT molecular complexity index is 344. The summed E-state index contributed by atoms with van der Waals surface area (Å²) < 4.78 is 0. The number of likely N-dealkylation sites (N-methyl/N-ethyl adjacent to an activating group) is 1. The van der Waals surface area contributed by atoms with Gasteiger partial charge in [0.15, 0.2) is 0 Å². The Morgan fingerprint density at radius 2 is 2.14 bits per heavy atom. The zero-order valence-corrected chi connectivity index (χ0v) is 9.12. The molecular weight excluding hydrogens is 172 g/mol. The van der Waals surface area contributed by atoms with E-state index in [0.717, 1.165) is 6.54 Å². The van der Waals surface area contributed by atoms with E-state index in [1.807, 2.05) is 0 Å². The van der Waals surface area contributed by atoms with Crippen LogP contribution < -0.4 is 10.6 Å². The molecule has 1 aromatic carbocycles. The third-order valence-corrected chi connectivity index (χ3v) is 3.00. The molecule has 1 aliphatic rings. The fourth-order valence-corrected chi connectivity index (χ4v) is 2.07. The van der Waals surface area contributed by atoms with Crippen molar-refractivity contribution in [3.8, 4) is 0 Å². The highest BCUT2D eigenvalue weighted by Gasteiger charge is 2.23. The molecule has 0 spiro atoms. The van der Waals surface area contributed by atoms with Crippen LogP contribution in [-0.4, -0.2) is 13.6 Å². The first kappa shape index (κ1) is 9.53. The number of rotatable bonds is 1. The molecule has 0 radical (unpaired) electrons. The van der Waals surface area contributed by atoms with Gasteiger partial charge in [-0.3, -0.25) is 0 Å². The van der Waals surface area contributed by atoms with Crippen LogP contribution in [-0.2, 0) is 0 Å². The molecule has 14 heavy (non-hydrogen) atoms. The van der Waals surface area contributed by atoms with Crippen LogP contribution in [0.3, 0.4) is 0 Å². The highest BCUT2D eigenvalue weighted by atomic mass is 15.1. The normalized spacial score (nSPS) is 20.4. The molecule has 1 heterocycles. The van der Waals surface area contributed by atoms with E-state index in [2.05, 4.69) is 44.0 Å². The van der Waals surface area contributed by atoms with Crippen molar-refractivity contribution in [1.82, 2.24) is 0 Å². The summed E-state index contributed by atoms with van der Waals surface area (Å²) in [5.41, 5.74) is 10.0. The third kappa shape index (κ3) is 1.40. The van der Waals surface area contributed by atoms with E-state index < -0.39 is 0 Å². The van der Waals surface area contributed by atoms with E-state index in [0.29, 0.717) is 5.92 Å². The number of nitrogens with two attached hydrogens (primary N) is 1. The maximum Gasteiger partial charge on any atom is 0.0493 e. The largest absolute Gasteiger partial charge is 0.372 e. The Balaban J connectivity index is 2.45. The molecule has 1 atom stereocenters. The summed E-state index contributed by atoms with van der Waals surface area (Å²) >= 11 is 0. The smallest absolute Gasteiger partial charge is 0.0493 e. The predicted octanol–water partition coefficient (Wildman–Crippen LogP) is 2.26. The van der Waals surface area contributed by atoms with E-state index in [-0.39, 0.29) is 6.04 Å². The van der Waals surface area contributed by atoms with Crippen LogP contribution in [0.2, 0.25) is 0 Å². The minimum absolute atomic E-state index is 0.189. The molecule has 0 saturated carbocycles. The van der Waals surface area contributed by atoms with Crippen molar-refractivity contribution in [3.63, 3.8) is 0 Å². The topological polar surface area (TPSA) is 29.3 Å². The maximum absolute atomic E-state index is 6.06. The number of hydrogen-bond donors (Lipinski definition) is 1. The highest BCUT2D eigenvalue weighted by molar-refractivity contribution is 5.60. The second-order valence-electron chi connectivity index (χ2n) is 4.46. The lowest BCUT2D eigenvalue weighted by molar-refractivity contribution is 0.758. The summed E-state index contributed by atoms with van der Waals surface area (Å²) in [7, 11) is 2.10. The van der Waals surface area contributed by atoms with Gasteiger partial charge >= 0.3 is 0 Å². The lowest BCUT2D eigenvalue weighted by Gasteiger charge is -2.12. The van der Waals surface area contributed by atoms with Crippen molar-refractivity contribution in [2.45, 2.75) is 25.8 Å². The maximum atomic E-state index is 6.06. The van der Waals surface area contributed by atoms with Crippen LogP contribution in [0.25, 0.3) is 0 Å². The van der Waals surface area contributed by atoms with Gasteiger partial charge in [0, 0.05) is 25.3 Å². The van der Waals surface area contributed by atoms with E-state index in [4.69, 9.17) is 5.73 Å². The van der Waals surface area contributed by atoms with Crippen LogP contribution in [0.1, 0.15) is 36.9 Å². The second-order valence-corrected chi connectivity index (χ2v) is 4.46. The molecule has 1 aliphatic heterocycles. The van der Waals surface area contributed by atoms with Gasteiger partial charge in [-0.1, -0.05) is 26.0 Å². The van der Waals surface area contributed by atoms with Gasteiger partial charge < -0.3 is 10.6 Å². The molecule has 0 fully saturated rings. The number of nitrogens with zero attached hydrogens (tertiary/aromatic N) is 1. The molecule has 76 valence electrons. The molecule has 1 unspecified atom stereocenters. The number of fused-ring (bicyclic) bond motifs is 1. The fourth-order valence-electron chi connectivity index (χ4n) is 2.07. The molecule has 2 N–H and O–H groups in total. The molecule has 0 aliphatic carbocycles. The van der Waals surface area contributed by atoms with Gasteiger partial charge in [0.25, 0.3) is 0 Å². The first-order valence-electron chi connectivity index (χ1n) is 5.20. The van der Waals surface area contributed by atoms with Crippen LogP contribution in [0.4, 0.5) is 5.69 Å². The summed E-state index contributed by atoms with van der Waals surface area (Å²) in [6.45, 7) is 5.37. The van der Waals surface area contributed by atoms with E-state index in [1.165, 1.54) is 16.8 Å². The predicted molar refractivity (Wildman–Crippen MR) is 60.7 cm³/mol. The number of anilines is 1. The van der Waals surface area contributed by atoms with Gasteiger partial charge in [0.05, 0.1) is 0 Å². The van der Waals surface area contributed by atoms with E-state index in [1.54, 1.807) is 0 Å². The van der Waals surface area contributed by atoms with Gasteiger partial charge in [0.1, 0.15) is 0 Å².